The lowest BCUT2D eigenvalue weighted by Gasteiger charge is -2.19. The van der Waals surface area contributed by atoms with Crippen LogP contribution in [0.1, 0.15) is 19.4 Å². The van der Waals surface area contributed by atoms with E-state index in [1.54, 1.807) is 13.8 Å². The fourth-order valence-electron chi connectivity index (χ4n) is 1.65. The van der Waals surface area contributed by atoms with Gasteiger partial charge in [0.1, 0.15) is 6.04 Å². The van der Waals surface area contributed by atoms with Gasteiger partial charge in [0.2, 0.25) is 0 Å². The van der Waals surface area contributed by atoms with Crippen molar-refractivity contribution in [1.82, 2.24) is 5.32 Å². The molecule has 0 spiro atoms. The number of amides is 2. The summed E-state index contributed by atoms with van der Waals surface area (Å²) in [6.07, 6.45) is -4.62. The molecule has 0 aliphatic carbocycles. The number of anilines is 1. The Balaban J connectivity index is 2.87. The Hall–Kier alpha value is -2.25. The third-order valence-corrected chi connectivity index (χ3v) is 2.70. The number of carbonyl (C=O) groups excluding carboxylic acids is 1. The van der Waals surface area contributed by atoms with Gasteiger partial charge >= 0.3 is 18.2 Å². The van der Waals surface area contributed by atoms with E-state index in [2.05, 4.69) is 5.32 Å². The summed E-state index contributed by atoms with van der Waals surface area (Å²) in [5.41, 5.74) is -1.44. The van der Waals surface area contributed by atoms with Crippen molar-refractivity contribution in [2.75, 3.05) is 5.32 Å². The molecule has 0 aliphatic heterocycles. The van der Waals surface area contributed by atoms with E-state index < -0.39 is 41.4 Å². The van der Waals surface area contributed by atoms with Crippen molar-refractivity contribution < 1.29 is 27.9 Å². The first-order valence-electron chi connectivity index (χ1n) is 6.09. The van der Waals surface area contributed by atoms with Crippen LogP contribution in [0, 0.1) is 5.92 Å². The minimum atomic E-state index is -4.62. The molecule has 0 saturated carbocycles. The molecule has 1 rings (SSSR count). The second-order valence-corrected chi connectivity index (χ2v) is 4.70. The fourth-order valence-corrected chi connectivity index (χ4v) is 1.65. The summed E-state index contributed by atoms with van der Waals surface area (Å²) in [5.74, 6) is -1.67. The minimum absolute atomic E-state index is 0.411. The highest BCUT2D eigenvalue weighted by Gasteiger charge is 2.34. The molecule has 2 amide bonds. The Bertz CT molecular complexity index is 530. The van der Waals surface area contributed by atoms with Gasteiger partial charge in [-0.1, -0.05) is 26.0 Å². The van der Waals surface area contributed by atoms with Crippen molar-refractivity contribution in [1.29, 1.82) is 0 Å². The van der Waals surface area contributed by atoms with Crippen LogP contribution in [0.5, 0.6) is 0 Å². The fraction of sp³-hybridized carbons (Fsp3) is 0.385. The van der Waals surface area contributed by atoms with Crippen LogP contribution >= 0.6 is 0 Å². The summed E-state index contributed by atoms with van der Waals surface area (Å²) >= 11 is 0. The van der Waals surface area contributed by atoms with Gasteiger partial charge in [-0.2, -0.15) is 13.2 Å². The topological polar surface area (TPSA) is 78.4 Å². The first kappa shape index (κ1) is 16.8. The number of hydrogen-bond acceptors (Lipinski definition) is 2. The number of para-hydroxylation sites is 1. The summed E-state index contributed by atoms with van der Waals surface area (Å²) < 4.78 is 38.3. The molecule has 0 radical (unpaired) electrons. The zero-order valence-electron chi connectivity index (χ0n) is 11.4. The summed E-state index contributed by atoms with van der Waals surface area (Å²) in [4.78, 5) is 22.6. The number of urea groups is 1. The molecule has 0 saturated heterocycles. The van der Waals surface area contributed by atoms with Gasteiger partial charge in [-0.25, -0.2) is 9.59 Å². The number of alkyl halides is 3. The van der Waals surface area contributed by atoms with Gasteiger partial charge in [-0.05, 0) is 18.1 Å². The van der Waals surface area contributed by atoms with Crippen LogP contribution in [0.3, 0.4) is 0 Å². The Morgan fingerprint density at radius 1 is 1.19 bits per heavy atom. The van der Waals surface area contributed by atoms with Gasteiger partial charge in [0, 0.05) is 0 Å². The third kappa shape index (κ3) is 4.66. The number of carboxylic acid groups (broad SMARTS) is 1. The van der Waals surface area contributed by atoms with E-state index >= 15 is 0 Å². The third-order valence-electron chi connectivity index (χ3n) is 2.70. The number of hydrogen-bond donors (Lipinski definition) is 3. The molecule has 0 unspecified atom stereocenters. The Morgan fingerprint density at radius 2 is 1.76 bits per heavy atom. The van der Waals surface area contributed by atoms with Crippen LogP contribution in [-0.4, -0.2) is 23.1 Å². The van der Waals surface area contributed by atoms with E-state index in [1.807, 2.05) is 5.32 Å². The molecule has 0 heterocycles. The first-order chi connectivity index (χ1) is 9.62. The number of carboxylic acids is 1. The molecule has 21 heavy (non-hydrogen) atoms. The maximum absolute atomic E-state index is 12.8. The van der Waals surface area contributed by atoms with E-state index in [-0.39, 0.29) is 0 Å². The molecule has 0 bridgehead atoms. The molecule has 8 heteroatoms. The average molecular weight is 304 g/mol. The molecule has 0 aliphatic rings. The molecule has 1 aromatic rings. The Kier molecular flexibility index (Phi) is 5.17. The van der Waals surface area contributed by atoms with E-state index in [0.29, 0.717) is 0 Å². The number of carbonyl (C=O) groups is 2. The molecular weight excluding hydrogens is 289 g/mol. The zero-order valence-corrected chi connectivity index (χ0v) is 11.4. The maximum atomic E-state index is 12.8. The Labute approximate surface area is 119 Å². The number of nitrogens with one attached hydrogen (secondary N) is 2. The monoisotopic (exact) mass is 304 g/mol. The molecule has 1 atom stereocenters. The minimum Gasteiger partial charge on any atom is -0.480 e. The van der Waals surface area contributed by atoms with Crippen molar-refractivity contribution >= 4 is 17.7 Å². The van der Waals surface area contributed by atoms with Gasteiger partial charge in [-0.15, -0.1) is 0 Å². The largest absolute Gasteiger partial charge is 0.480 e. The van der Waals surface area contributed by atoms with Gasteiger partial charge < -0.3 is 15.7 Å². The second kappa shape index (κ2) is 6.47. The van der Waals surface area contributed by atoms with Gasteiger partial charge in [0.25, 0.3) is 0 Å². The van der Waals surface area contributed by atoms with Crippen LogP contribution in [-0.2, 0) is 11.0 Å². The highest BCUT2D eigenvalue weighted by Crippen LogP contribution is 2.34. The van der Waals surface area contributed by atoms with Crippen molar-refractivity contribution in [3.05, 3.63) is 29.8 Å². The molecule has 1 aromatic carbocycles. The maximum Gasteiger partial charge on any atom is 0.418 e. The lowest BCUT2D eigenvalue weighted by atomic mass is 10.1. The molecule has 3 N–H and O–H groups in total. The number of benzene rings is 1. The van der Waals surface area contributed by atoms with Crippen molar-refractivity contribution in [3.8, 4) is 0 Å². The van der Waals surface area contributed by atoms with Crippen LogP contribution in [0.4, 0.5) is 23.7 Å². The van der Waals surface area contributed by atoms with Crippen LogP contribution in [0.2, 0.25) is 0 Å². The summed E-state index contributed by atoms with van der Waals surface area (Å²) in [7, 11) is 0. The van der Waals surface area contributed by atoms with Crippen LogP contribution < -0.4 is 10.6 Å². The van der Waals surface area contributed by atoms with Gasteiger partial charge in [0.05, 0.1) is 11.3 Å². The average Bonchev–Trinajstić information content (AvgIpc) is 2.34. The predicted molar refractivity (Wildman–Crippen MR) is 69.9 cm³/mol. The van der Waals surface area contributed by atoms with Gasteiger partial charge in [0.15, 0.2) is 0 Å². The smallest absolute Gasteiger partial charge is 0.418 e. The number of halogens is 3. The van der Waals surface area contributed by atoms with Crippen LogP contribution in [0.15, 0.2) is 24.3 Å². The lowest BCUT2D eigenvalue weighted by molar-refractivity contribution is -0.140. The highest BCUT2D eigenvalue weighted by molar-refractivity contribution is 5.93. The van der Waals surface area contributed by atoms with Gasteiger partial charge in [-0.3, -0.25) is 0 Å². The predicted octanol–water partition coefficient (Wildman–Crippen LogP) is 2.94. The second-order valence-electron chi connectivity index (χ2n) is 4.70. The lowest BCUT2D eigenvalue weighted by Crippen LogP contribution is -2.46. The zero-order chi connectivity index (χ0) is 16.2. The van der Waals surface area contributed by atoms with Crippen LogP contribution in [0.25, 0.3) is 0 Å². The summed E-state index contributed by atoms with van der Waals surface area (Å²) in [5, 5.41) is 13.1. The van der Waals surface area contributed by atoms with Crippen molar-refractivity contribution in [2.24, 2.45) is 5.92 Å². The molecule has 5 nitrogen and oxygen atoms in total. The summed E-state index contributed by atoms with van der Waals surface area (Å²) in [6.45, 7) is 3.14. The summed E-state index contributed by atoms with van der Waals surface area (Å²) in [6, 6.07) is 2.25. The molecule has 0 aromatic heterocycles. The van der Waals surface area contributed by atoms with E-state index in [4.69, 9.17) is 5.11 Å². The Morgan fingerprint density at radius 3 is 2.24 bits per heavy atom. The first-order valence-corrected chi connectivity index (χ1v) is 6.09. The SMILES string of the molecule is CC(C)[C@@H](NC(=O)Nc1ccccc1C(F)(F)F)C(=O)O. The molecule has 0 fully saturated rings. The van der Waals surface area contributed by atoms with Crippen molar-refractivity contribution in [3.63, 3.8) is 0 Å². The standard InChI is InChI=1S/C13H15F3N2O3/c1-7(2)10(11(19)20)18-12(21)17-9-6-4-3-5-8(9)13(14,15)16/h3-7,10H,1-2H3,(H,19,20)(H2,17,18,21)/t10-/m1/s1. The number of aliphatic carboxylic acids is 1. The normalized spacial score (nSPS) is 12.9. The van der Waals surface area contributed by atoms with E-state index in [9.17, 15) is 22.8 Å². The molecule has 116 valence electrons. The number of rotatable bonds is 4. The van der Waals surface area contributed by atoms with E-state index in [1.165, 1.54) is 12.1 Å². The quantitative estimate of drug-likeness (QED) is 0.800. The molecular formula is C13H15F3N2O3. The van der Waals surface area contributed by atoms with Crippen molar-refractivity contribution in [2.45, 2.75) is 26.1 Å². The highest BCUT2D eigenvalue weighted by atomic mass is 19.4. The van der Waals surface area contributed by atoms with E-state index in [0.717, 1.165) is 12.1 Å².